The number of rotatable bonds is 4. The van der Waals surface area contributed by atoms with Crippen LogP contribution in [0.2, 0.25) is 0 Å². The average Bonchev–Trinajstić information content (AvgIpc) is 2.42. The molecule has 4 heteroatoms. The molecule has 3 N–H and O–H groups in total. The smallest absolute Gasteiger partial charge is 0.330 e. The van der Waals surface area contributed by atoms with Crippen LogP contribution in [0, 0.1) is 13.8 Å². The maximum Gasteiger partial charge on any atom is 0.330 e. The van der Waals surface area contributed by atoms with Gasteiger partial charge in [-0.15, -0.1) is 0 Å². The summed E-state index contributed by atoms with van der Waals surface area (Å²) in [6.45, 7) is 3.51. The number of carbonyl (C=O) groups is 1. The van der Waals surface area contributed by atoms with E-state index >= 15 is 0 Å². The van der Waals surface area contributed by atoms with E-state index in [0.717, 1.165) is 5.69 Å². The number of phenolic OH excluding ortho intramolecular Hbond substituents is 1. The lowest BCUT2D eigenvalue weighted by atomic mass is 10.00. The van der Waals surface area contributed by atoms with Crippen LogP contribution in [0.3, 0.4) is 0 Å². The molecule has 0 aliphatic heterocycles. The fourth-order valence-electron chi connectivity index (χ4n) is 2.14. The maximum atomic E-state index is 11.5. The van der Waals surface area contributed by atoms with E-state index in [4.69, 9.17) is 0 Å². The Labute approximate surface area is 117 Å². The van der Waals surface area contributed by atoms with Crippen molar-refractivity contribution < 1.29 is 15.0 Å². The topological polar surface area (TPSA) is 69.6 Å². The number of carboxylic acids is 1. The number of aliphatic carboxylic acids is 1. The third-order valence-corrected chi connectivity index (χ3v) is 3.18. The zero-order valence-electron chi connectivity index (χ0n) is 11.4. The molecule has 0 bridgehead atoms. The Bertz CT molecular complexity index is 600. The molecular weight excluding hydrogens is 254 g/mol. The number of carboxylic acid groups (broad SMARTS) is 1. The van der Waals surface area contributed by atoms with Crippen LogP contribution in [0.5, 0.6) is 5.75 Å². The monoisotopic (exact) mass is 271 g/mol. The van der Waals surface area contributed by atoms with Gasteiger partial charge in [-0.3, -0.25) is 0 Å². The molecule has 104 valence electrons. The lowest BCUT2D eigenvalue weighted by Gasteiger charge is -2.18. The summed E-state index contributed by atoms with van der Waals surface area (Å²) in [5, 5.41) is 22.2. The summed E-state index contributed by atoms with van der Waals surface area (Å²) in [4.78, 5) is 11.5. The SMILES string of the molecule is Cc1cc(C(Nc2ccccc2)C(=O)O)cc(C)c1O. The number of aryl methyl sites for hydroxylation is 2. The highest BCUT2D eigenvalue weighted by Gasteiger charge is 2.21. The van der Waals surface area contributed by atoms with Crippen LogP contribution in [0.1, 0.15) is 22.7 Å². The molecule has 0 spiro atoms. The van der Waals surface area contributed by atoms with Crippen molar-refractivity contribution >= 4 is 11.7 Å². The van der Waals surface area contributed by atoms with Crippen molar-refractivity contribution in [2.45, 2.75) is 19.9 Å². The van der Waals surface area contributed by atoms with Gasteiger partial charge in [0.2, 0.25) is 0 Å². The highest BCUT2D eigenvalue weighted by molar-refractivity contribution is 5.79. The van der Waals surface area contributed by atoms with Crippen LogP contribution in [0.15, 0.2) is 42.5 Å². The Hall–Kier alpha value is -2.49. The second-order valence-corrected chi connectivity index (χ2v) is 4.78. The maximum absolute atomic E-state index is 11.5. The molecular formula is C16H17NO3. The van der Waals surface area contributed by atoms with Gasteiger partial charge in [-0.2, -0.15) is 0 Å². The first kappa shape index (κ1) is 13.9. The van der Waals surface area contributed by atoms with E-state index in [1.807, 2.05) is 30.3 Å². The quantitative estimate of drug-likeness (QED) is 0.798. The number of hydrogen-bond acceptors (Lipinski definition) is 3. The Morgan fingerprint density at radius 2 is 1.65 bits per heavy atom. The average molecular weight is 271 g/mol. The van der Waals surface area contributed by atoms with Gasteiger partial charge in [0.15, 0.2) is 6.04 Å². The van der Waals surface area contributed by atoms with Gasteiger partial charge in [0.1, 0.15) is 5.75 Å². The lowest BCUT2D eigenvalue weighted by Crippen LogP contribution is -2.20. The Kier molecular flexibility index (Phi) is 3.94. The summed E-state index contributed by atoms with van der Waals surface area (Å²) in [7, 11) is 0. The summed E-state index contributed by atoms with van der Waals surface area (Å²) in [6.07, 6.45) is 0. The highest BCUT2D eigenvalue weighted by Crippen LogP contribution is 2.28. The van der Waals surface area contributed by atoms with Gasteiger partial charge in [-0.25, -0.2) is 4.79 Å². The van der Waals surface area contributed by atoms with Gasteiger partial charge in [0.05, 0.1) is 0 Å². The Morgan fingerprint density at radius 3 is 2.15 bits per heavy atom. The number of hydrogen-bond donors (Lipinski definition) is 3. The summed E-state index contributed by atoms with van der Waals surface area (Å²) >= 11 is 0. The van der Waals surface area contributed by atoms with E-state index < -0.39 is 12.0 Å². The van der Waals surface area contributed by atoms with Crippen molar-refractivity contribution in [2.24, 2.45) is 0 Å². The first-order valence-electron chi connectivity index (χ1n) is 6.33. The van der Waals surface area contributed by atoms with Crippen LogP contribution in [-0.2, 0) is 4.79 Å². The van der Waals surface area contributed by atoms with E-state index in [9.17, 15) is 15.0 Å². The molecule has 2 aromatic carbocycles. The molecule has 0 radical (unpaired) electrons. The molecule has 0 heterocycles. The van der Waals surface area contributed by atoms with Crippen LogP contribution in [0.4, 0.5) is 5.69 Å². The van der Waals surface area contributed by atoms with Gasteiger partial charge in [-0.1, -0.05) is 18.2 Å². The summed E-state index contributed by atoms with van der Waals surface area (Å²) in [5.41, 5.74) is 2.69. The second kappa shape index (κ2) is 5.65. The largest absolute Gasteiger partial charge is 0.507 e. The third-order valence-electron chi connectivity index (χ3n) is 3.18. The molecule has 0 saturated heterocycles. The minimum atomic E-state index is -0.960. The molecule has 0 saturated carbocycles. The van der Waals surface area contributed by atoms with E-state index in [1.54, 1.807) is 26.0 Å². The molecule has 2 aromatic rings. The normalized spacial score (nSPS) is 11.9. The minimum Gasteiger partial charge on any atom is -0.507 e. The minimum absolute atomic E-state index is 0.206. The standard InChI is InChI=1S/C16H17NO3/c1-10-8-12(9-11(2)15(10)18)14(16(19)20)17-13-6-4-3-5-7-13/h3-9,14,17-18H,1-2H3,(H,19,20). The summed E-state index contributed by atoms with van der Waals surface area (Å²) in [5.74, 6) is -0.754. The molecule has 1 atom stereocenters. The molecule has 0 aliphatic carbocycles. The van der Waals surface area contributed by atoms with Gasteiger partial charge >= 0.3 is 5.97 Å². The lowest BCUT2D eigenvalue weighted by molar-refractivity contribution is -0.138. The highest BCUT2D eigenvalue weighted by atomic mass is 16.4. The molecule has 4 nitrogen and oxygen atoms in total. The van der Waals surface area contributed by atoms with Gasteiger partial charge in [0, 0.05) is 5.69 Å². The predicted molar refractivity (Wildman–Crippen MR) is 78.0 cm³/mol. The molecule has 0 amide bonds. The van der Waals surface area contributed by atoms with Crippen molar-refractivity contribution in [1.82, 2.24) is 0 Å². The third kappa shape index (κ3) is 2.91. The molecule has 0 fully saturated rings. The van der Waals surface area contributed by atoms with Crippen LogP contribution >= 0.6 is 0 Å². The summed E-state index contributed by atoms with van der Waals surface area (Å²) in [6, 6.07) is 11.7. The van der Waals surface area contributed by atoms with Crippen molar-refractivity contribution in [2.75, 3.05) is 5.32 Å². The molecule has 20 heavy (non-hydrogen) atoms. The number of phenols is 1. The number of aromatic hydroxyl groups is 1. The zero-order chi connectivity index (χ0) is 14.7. The van der Waals surface area contributed by atoms with E-state index in [0.29, 0.717) is 16.7 Å². The first-order valence-corrected chi connectivity index (χ1v) is 6.33. The van der Waals surface area contributed by atoms with Crippen LogP contribution in [0.25, 0.3) is 0 Å². The number of benzene rings is 2. The van der Waals surface area contributed by atoms with Crippen molar-refractivity contribution in [1.29, 1.82) is 0 Å². The Morgan fingerprint density at radius 1 is 1.10 bits per heavy atom. The number of anilines is 1. The Balaban J connectivity index is 2.37. The van der Waals surface area contributed by atoms with Gasteiger partial charge in [0.25, 0.3) is 0 Å². The molecule has 1 unspecified atom stereocenters. The number of nitrogens with one attached hydrogen (secondary N) is 1. The second-order valence-electron chi connectivity index (χ2n) is 4.78. The fourth-order valence-corrected chi connectivity index (χ4v) is 2.14. The van der Waals surface area contributed by atoms with Crippen molar-refractivity contribution in [3.8, 4) is 5.75 Å². The van der Waals surface area contributed by atoms with Crippen molar-refractivity contribution in [3.63, 3.8) is 0 Å². The zero-order valence-corrected chi connectivity index (χ0v) is 11.4. The van der Waals surface area contributed by atoms with Crippen molar-refractivity contribution in [3.05, 3.63) is 59.2 Å². The van der Waals surface area contributed by atoms with Gasteiger partial charge < -0.3 is 15.5 Å². The first-order chi connectivity index (χ1) is 9.49. The number of para-hydroxylation sites is 1. The van der Waals surface area contributed by atoms with Crippen LogP contribution in [-0.4, -0.2) is 16.2 Å². The molecule has 0 aliphatic rings. The van der Waals surface area contributed by atoms with E-state index in [1.165, 1.54) is 0 Å². The van der Waals surface area contributed by atoms with Gasteiger partial charge in [-0.05, 0) is 54.8 Å². The van der Waals surface area contributed by atoms with E-state index in [2.05, 4.69) is 5.32 Å². The predicted octanol–water partition coefficient (Wildman–Crippen LogP) is 3.25. The fraction of sp³-hybridized carbons (Fsp3) is 0.188. The molecule has 0 aromatic heterocycles. The van der Waals surface area contributed by atoms with E-state index in [-0.39, 0.29) is 5.75 Å². The van der Waals surface area contributed by atoms with Crippen LogP contribution < -0.4 is 5.32 Å². The summed E-state index contributed by atoms with van der Waals surface area (Å²) < 4.78 is 0. The molecule has 2 rings (SSSR count).